The third-order valence-corrected chi connectivity index (χ3v) is 5.15. The Balaban J connectivity index is 1.71. The van der Waals surface area contributed by atoms with Crippen LogP contribution >= 0.6 is 0 Å². The van der Waals surface area contributed by atoms with Gasteiger partial charge in [-0.25, -0.2) is 0 Å². The number of carbonyl (C=O) groups excluding carboxylic acids is 1. The molecule has 1 amide bonds. The summed E-state index contributed by atoms with van der Waals surface area (Å²) in [4.78, 5) is 13.1. The highest BCUT2D eigenvalue weighted by Gasteiger charge is 2.46. The first-order chi connectivity index (χ1) is 13.2. The van der Waals surface area contributed by atoms with Crippen LogP contribution in [-0.2, 0) is 16.6 Å². The second-order valence-corrected chi connectivity index (χ2v) is 7.09. The van der Waals surface area contributed by atoms with Crippen molar-refractivity contribution in [1.29, 1.82) is 0 Å². The molecular weight excluding hydrogens is 330 g/mol. The summed E-state index contributed by atoms with van der Waals surface area (Å²) in [6, 6.07) is 26.3. The molecule has 1 atom stereocenters. The first kappa shape index (κ1) is 17.1. The Bertz CT molecular complexity index is 1030. The molecule has 1 heterocycles. The van der Waals surface area contributed by atoms with Crippen LogP contribution in [0.25, 0.3) is 0 Å². The van der Waals surface area contributed by atoms with Gasteiger partial charge in [0, 0.05) is 17.7 Å². The minimum atomic E-state index is -0.657. The van der Waals surface area contributed by atoms with E-state index in [1.165, 1.54) is 5.56 Å². The van der Waals surface area contributed by atoms with Gasteiger partial charge in [0.25, 0.3) is 0 Å². The van der Waals surface area contributed by atoms with Gasteiger partial charge in [-0.05, 0) is 42.7 Å². The molecular formula is C25H21NO. The SMILES string of the molecule is Cc1ccc(C#CC[C@@]2(Cc3ccccc3)C(=O)Nc3ccccc32)cc1. The number of aryl methyl sites for hydroxylation is 1. The van der Waals surface area contributed by atoms with Crippen LogP contribution in [0.2, 0.25) is 0 Å². The van der Waals surface area contributed by atoms with Crippen molar-refractivity contribution in [3.63, 3.8) is 0 Å². The largest absolute Gasteiger partial charge is 0.325 e. The molecule has 1 aliphatic rings. The Hall–Kier alpha value is -3.31. The fourth-order valence-corrected chi connectivity index (χ4v) is 3.67. The smallest absolute Gasteiger partial charge is 0.236 e. The van der Waals surface area contributed by atoms with Crippen molar-refractivity contribution < 1.29 is 4.79 Å². The zero-order chi connectivity index (χ0) is 18.7. The molecule has 132 valence electrons. The first-order valence-electron chi connectivity index (χ1n) is 9.18. The van der Waals surface area contributed by atoms with Crippen LogP contribution in [0.4, 0.5) is 5.69 Å². The van der Waals surface area contributed by atoms with Gasteiger partial charge in [-0.1, -0.05) is 78.1 Å². The monoisotopic (exact) mass is 351 g/mol. The number of para-hydroxylation sites is 1. The number of nitrogens with one attached hydrogen (secondary N) is 1. The maximum Gasteiger partial charge on any atom is 0.236 e. The Morgan fingerprint density at radius 1 is 0.889 bits per heavy atom. The van der Waals surface area contributed by atoms with Gasteiger partial charge in [-0.3, -0.25) is 4.79 Å². The standard InChI is InChI=1S/C25H21NO/c1-19-13-15-20(16-14-19)10-7-17-25(18-21-8-3-2-4-9-21)22-11-5-6-12-23(22)26-24(25)27/h2-6,8-9,11-16H,17-18H2,1H3,(H,26,27)/t25-/m0/s1. The van der Waals surface area contributed by atoms with E-state index in [2.05, 4.69) is 48.3 Å². The molecule has 3 aromatic rings. The Labute approximate surface area is 160 Å². The van der Waals surface area contributed by atoms with Gasteiger partial charge in [0.1, 0.15) is 0 Å². The fourth-order valence-electron chi connectivity index (χ4n) is 3.67. The molecule has 27 heavy (non-hydrogen) atoms. The van der Waals surface area contributed by atoms with Crippen LogP contribution in [0.1, 0.15) is 28.7 Å². The fraction of sp³-hybridized carbons (Fsp3) is 0.160. The predicted octanol–water partition coefficient (Wildman–Crippen LogP) is 4.87. The van der Waals surface area contributed by atoms with Gasteiger partial charge in [-0.2, -0.15) is 0 Å². The van der Waals surface area contributed by atoms with Crippen molar-refractivity contribution in [2.45, 2.75) is 25.2 Å². The summed E-state index contributed by atoms with van der Waals surface area (Å²) in [6.07, 6.45) is 1.12. The van der Waals surface area contributed by atoms with E-state index in [4.69, 9.17) is 0 Å². The molecule has 0 radical (unpaired) electrons. The van der Waals surface area contributed by atoms with E-state index in [1.807, 2.05) is 54.6 Å². The molecule has 4 rings (SSSR count). The van der Waals surface area contributed by atoms with Crippen molar-refractivity contribution in [3.8, 4) is 11.8 Å². The molecule has 2 heteroatoms. The van der Waals surface area contributed by atoms with E-state index < -0.39 is 5.41 Å². The number of carbonyl (C=O) groups is 1. The first-order valence-corrected chi connectivity index (χ1v) is 9.18. The van der Waals surface area contributed by atoms with E-state index in [-0.39, 0.29) is 5.91 Å². The number of fused-ring (bicyclic) bond motifs is 1. The lowest BCUT2D eigenvalue weighted by molar-refractivity contribution is -0.120. The summed E-state index contributed by atoms with van der Waals surface area (Å²) in [5, 5.41) is 3.06. The average molecular weight is 351 g/mol. The van der Waals surface area contributed by atoms with Crippen molar-refractivity contribution >= 4 is 11.6 Å². The topological polar surface area (TPSA) is 29.1 Å². The van der Waals surface area contributed by atoms with Crippen LogP contribution < -0.4 is 5.32 Å². The van der Waals surface area contributed by atoms with E-state index in [0.717, 1.165) is 22.4 Å². The summed E-state index contributed by atoms with van der Waals surface area (Å²) in [5.41, 5.74) is 4.61. The van der Waals surface area contributed by atoms with Crippen LogP contribution in [-0.4, -0.2) is 5.91 Å². The maximum absolute atomic E-state index is 13.1. The van der Waals surface area contributed by atoms with E-state index in [0.29, 0.717) is 12.8 Å². The average Bonchev–Trinajstić information content (AvgIpc) is 2.96. The highest BCUT2D eigenvalue weighted by atomic mass is 16.2. The quantitative estimate of drug-likeness (QED) is 0.670. The third-order valence-electron chi connectivity index (χ3n) is 5.15. The Morgan fingerprint density at radius 2 is 1.59 bits per heavy atom. The molecule has 2 nitrogen and oxygen atoms in total. The number of hydrogen-bond donors (Lipinski definition) is 1. The van der Waals surface area contributed by atoms with Gasteiger partial charge in [0.2, 0.25) is 5.91 Å². The molecule has 3 aromatic carbocycles. The molecule has 0 spiro atoms. The highest BCUT2D eigenvalue weighted by molar-refractivity contribution is 6.06. The summed E-state index contributed by atoms with van der Waals surface area (Å²) in [6.45, 7) is 2.06. The molecule has 0 unspecified atom stereocenters. The maximum atomic E-state index is 13.1. The second-order valence-electron chi connectivity index (χ2n) is 7.09. The predicted molar refractivity (Wildman–Crippen MR) is 110 cm³/mol. The zero-order valence-corrected chi connectivity index (χ0v) is 15.3. The van der Waals surface area contributed by atoms with E-state index in [1.54, 1.807) is 0 Å². The van der Waals surface area contributed by atoms with E-state index in [9.17, 15) is 4.79 Å². The molecule has 1 aliphatic heterocycles. The van der Waals surface area contributed by atoms with Gasteiger partial charge in [0.05, 0.1) is 5.41 Å². The van der Waals surface area contributed by atoms with E-state index >= 15 is 0 Å². The van der Waals surface area contributed by atoms with Crippen LogP contribution in [0.5, 0.6) is 0 Å². The Kier molecular flexibility index (Phi) is 4.52. The summed E-state index contributed by atoms with van der Waals surface area (Å²) < 4.78 is 0. The molecule has 0 aliphatic carbocycles. The van der Waals surface area contributed by atoms with Gasteiger partial charge < -0.3 is 5.32 Å². The summed E-state index contributed by atoms with van der Waals surface area (Å²) >= 11 is 0. The van der Waals surface area contributed by atoms with Gasteiger partial charge in [0.15, 0.2) is 0 Å². The molecule has 0 saturated heterocycles. The summed E-state index contributed by atoms with van der Waals surface area (Å²) in [7, 11) is 0. The molecule has 1 N–H and O–H groups in total. The van der Waals surface area contributed by atoms with Crippen molar-refractivity contribution in [2.75, 3.05) is 5.32 Å². The van der Waals surface area contributed by atoms with Crippen molar-refractivity contribution in [1.82, 2.24) is 0 Å². The second kappa shape index (κ2) is 7.13. The van der Waals surface area contributed by atoms with Crippen LogP contribution in [0, 0.1) is 18.8 Å². The minimum Gasteiger partial charge on any atom is -0.325 e. The summed E-state index contributed by atoms with van der Waals surface area (Å²) in [5.74, 6) is 6.55. The normalized spacial score (nSPS) is 17.6. The third kappa shape index (κ3) is 3.37. The van der Waals surface area contributed by atoms with Crippen LogP contribution in [0.3, 0.4) is 0 Å². The number of amides is 1. The number of anilines is 1. The van der Waals surface area contributed by atoms with Crippen LogP contribution in [0.15, 0.2) is 78.9 Å². The Morgan fingerprint density at radius 3 is 2.37 bits per heavy atom. The van der Waals surface area contributed by atoms with Gasteiger partial charge >= 0.3 is 0 Å². The lowest BCUT2D eigenvalue weighted by Crippen LogP contribution is -2.36. The number of rotatable bonds is 3. The lowest BCUT2D eigenvalue weighted by Gasteiger charge is -2.25. The molecule has 0 saturated carbocycles. The molecule has 0 aromatic heterocycles. The molecule has 0 fully saturated rings. The number of benzene rings is 3. The number of hydrogen-bond acceptors (Lipinski definition) is 1. The minimum absolute atomic E-state index is 0.0331. The lowest BCUT2D eigenvalue weighted by atomic mass is 9.74. The zero-order valence-electron chi connectivity index (χ0n) is 15.3. The van der Waals surface area contributed by atoms with Gasteiger partial charge in [-0.15, -0.1) is 0 Å². The molecule has 0 bridgehead atoms. The van der Waals surface area contributed by atoms with Crippen molar-refractivity contribution in [3.05, 3.63) is 101 Å². The highest BCUT2D eigenvalue weighted by Crippen LogP contribution is 2.42. The van der Waals surface area contributed by atoms with Crippen molar-refractivity contribution in [2.24, 2.45) is 0 Å².